The van der Waals surface area contributed by atoms with Crippen LogP contribution in [-0.2, 0) is 10.0 Å². The van der Waals surface area contributed by atoms with Gasteiger partial charge in [-0.2, -0.15) is 4.31 Å². The Kier molecular flexibility index (Phi) is 4.76. The average Bonchev–Trinajstić information content (AvgIpc) is 3.45. The molecule has 1 aromatic heterocycles. The van der Waals surface area contributed by atoms with Gasteiger partial charge in [0, 0.05) is 19.3 Å². The van der Waals surface area contributed by atoms with E-state index < -0.39 is 37.4 Å². The smallest absolute Gasteiger partial charge is 0.258 e. The van der Waals surface area contributed by atoms with E-state index in [9.17, 15) is 22.9 Å². The van der Waals surface area contributed by atoms with E-state index in [1.807, 2.05) is 0 Å². The standard InChI is InChI=1S/C17H18FN3O4S/c1-11(17-14(18)9-13(10-19-17)12-7-8-12)20(2)26(24,25)16-6-4-3-5-15(16)21(22)23/h3-6,9-12H,7-8H2,1-2H3. The summed E-state index contributed by atoms with van der Waals surface area (Å²) in [7, 11) is -2.95. The molecule has 1 atom stereocenters. The minimum atomic E-state index is -4.21. The third-order valence-corrected chi connectivity index (χ3v) is 6.58. The Bertz CT molecular complexity index is 960. The second-order valence-corrected chi connectivity index (χ2v) is 8.30. The summed E-state index contributed by atoms with van der Waals surface area (Å²) in [6.45, 7) is 1.49. The molecule has 1 unspecified atom stereocenters. The van der Waals surface area contributed by atoms with Crippen LogP contribution in [0, 0.1) is 15.9 Å². The van der Waals surface area contributed by atoms with Crippen LogP contribution in [0.5, 0.6) is 0 Å². The fourth-order valence-electron chi connectivity index (χ4n) is 2.77. The van der Waals surface area contributed by atoms with Gasteiger partial charge < -0.3 is 0 Å². The molecule has 0 N–H and O–H groups in total. The summed E-state index contributed by atoms with van der Waals surface area (Å²) in [4.78, 5) is 14.1. The molecule has 1 aliphatic carbocycles. The fraction of sp³-hybridized carbons (Fsp3) is 0.353. The first-order chi connectivity index (χ1) is 12.2. The lowest BCUT2D eigenvalue weighted by Gasteiger charge is -2.24. The zero-order valence-corrected chi connectivity index (χ0v) is 15.1. The number of nitro benzene ring substituents is 1. The van der Waals surface area contributed by atoms with Gasteiger partial charge in [0.25, 0.3) is 5.69 Å². The number of nitro groups is 1. The van der Waals surface area contributed by atoms with Crippen LogP contribution in [0.3, 0.4) is 0 Å². The molecule has 0 aliphatic heterocycles. The van der Waals surface area contributed by atoms with Crippen LogP contribution in [0.15, 0.2) is 41.4 Å². The van der Waals surface area contributed by atoms with Gasteiger partial charge >= 0.3 is 0 Å². The van der Waals surface area contributed by atoms with E-state index in [0.29, 0.717) is 5.92 Å². The van der Waals surface area contributed by atoms with Gasteiger partial charge in [0.2, 0.25) is 10.0 Å². The monoisotopic (exact) mass is 379 g/mol. The summed E-state index contributed by atoms with van der Waals surface area (Å²) in [6, 6.07) is 5.54. The molecule has 26 heavy (non-hydrogen) atoms. The Morgan fingerprint density at radius 3 is 2.58 bits per heavy atom. The highest BCUT2D eigenvalue weighted by Gasteiger charge is 2.34. The summed E-state index contributed by atoms with van der Waals surface area (Å²) in [6.07, 6.45) is 3.57. The van der Waals surface area contributed by atoms with Gasteiger partial charge in [-0.25, -0.2) is 12.8 Å². The molecule has 1 aromatic carbocycles. The maximum absolute atomic E-state index is 14.5. The van der Waals surface area contributed by atoms with Crippen LogP contribution >= 0.6 is 0 Å². The predicted molar refractivity (Wildman–Crippen MR) is 92.6 cm³/mol. The Labute approximate surface area is 150 Å². The highest BCUT2D eigenvalue weighted by molar-refractivity contribution is 7.89. The van der Waals surface area contributed by atoms with Crippen LogP contribution in [0.2, 0.25) is 0 Å². The van der Waals surface area contributed by atoms with E-state index >= 15 is 0 Å². The summed E-state index contributed by atoms with van der Waals surface area (Å²) in [5.41, 5.74) is 0.269. The SMILES string of the molecule is CC(c1ncc(C2CC2)cc1F)N(C)S(=O)(=O)c1ccccc1[N+](=O)[O-]. The van der Waals surface area contributed by atoms with Crippen LogP contribution in [0.25, 0.3) is 0 Å². The van der Waals surface area contributed by atoms with Crippen molar-refractivity contribution >= 4 is 15.7 Å². The third-order valence-electron chi connectivity index (χ3n) is 4.60. The molecule has 1 heterocycles. The molecule has 0 spiro atoms. The van der Waals surface area contributed by atoms with Crippen molar-refractivity contribution in [2.45, 2.75) is 36.6 Å². The van der Waals surface area contributed by atoms with Gasteiger partial charge in [-0.1, -0.05) is 12.1 Å². The number of hydrogen-bond acceptors (Lipinski definition) is 5. The van der Waals surface area contributed by atoms with Gasteiger partial charge in [-0.05, 0) is 43.4 Å². The van der Waals surface area contributed by atoms with Gasteiger partial charge in [-0.3, -0.25) is 15.1 Å². The molecule has 9 heteroatoms. The van der Waals surface area contributed by atoms with Gasteiger partial charge in [-0.15, -0.1) is 0 Å². The number of sulfonamides is 1. The Balaban J connectivity index is 1.95. The van der Waals surface area contributed by atoms with Crippen molar-refractivity contribution in [3.8, 4) is 0 Å². The number of halogens is 1. The summed E-state index contributed by atoms with van der Waals surface area (Å²) in [5.74, 6) is -0.249. The van der Waals surface area contributed by atoms with E-state index in [1.165, 1.54) is 32.2 Å². The first-order valence-corrected chi connectivity index (χ1v) is 9.54. The average molecular weight is 379 g/mol. The van der Waals surface area contributed by atoms with E-state index in [0.717, 1.165) is 34.8 Å². The van der Waals surface area contributed by atoms with Crippen LogP contribution in [-0.4, -0.2) is 29.7 Å². The normalized spacial score (nSPS) is 15.8. The third kappa shape index (κ3) is 3.32. The highest BCUT2D eigenvalue weighted by atomic mass is 32.2. The molecule has 138 valence electrons. The lowest BCUT2D eigenvalue weighted by Crippen LogP contribution is -2.31. The maximum Gasteiger partial charge on any atom is 0.289 e. The molecule has 0 saturated heterocycles. The van der Waals surface area contributed by atoms with Crippen molar-refractivity contribution in [3.05, 3.63) is 63.7 Å². The minimum absolute atomic E-state index is 0.0148. The number of rotatable bonds is 6. The lowest BCUT2D eigenvalue weighted by molar-refractivity contribution is -0.387. The van der Waals surface area contributed by atoms with E-state index in [-0.39, 0.29) is 5.69 Å². The second kappa shape index (κ2) is 6.73. The zero-order chi connectivity index (χ0) is 19.1. The quantitative estimate of drug-likeness (QED) is 0.566. The van der Waals surface area contributed by atoms with Crippen LogP contribution in [0.4, 0.5) is 10.1 Å². The first-order valence-electron chi connectivity index (χ1n) is 8.10. The van der Waals surface area contributed by atoms with Crippen LogP contribution in [0.1, 0.15) is 43.0 Å². The van der Waals surface area contributed by atoms with Crippen molar-refractivity contribution < 1.29 is 17.7 Å². The molecular formula is C17H18FN3O4S. The molecule has 0 radical (unpaired) electrons. The number of nitrogens with zero attached hydrogens (tertiary/aromatic N) is 3. The molecule has 7 nitrogen and oxygen atoms in total. The summed E-state index contributed by atoms with van der Waals surface area (Å²) >= 11 is 0. The van der Waals surface area contributed by atoms with Gasteiger partial charge in [0.15, 0.2) is 4.90 Å². The van der Waals surface area contributed by atoms with Crippen LogP contribution < -0.4 is 0 Å². The summed E-state index contributed by atoms with van der Waals surface area (Å²) < 4.78 is 41.0. The Hall–Kier alpha value is -2.39. The lowest BCUT2D eigenvalue weighted by atomic mass is 10.1. The van der Waals surface area contributed by atoms with Crippen molar-refractivity contribution in [2.75, 3.05) is 7.05 Å². The fourth-order valence-corrected chi connectivity index (χ4v) is 4.26. The molecule has 1 fully saturated rings. The number of para-hydroxylation sites is 1. The first kappa shape index (κ1) is 18.4. The predicted octanol–water partition coefficient (Wildman–Crippen LogP) is 3.39. The number of benzene rings is 1. The van der Waals surface area contributed by atoms with Gasteiger partial charge in [0.05, 0.1) is 16.7 Å². The largest absolute Gasteiger partial charge is 0.289 e. The Morgan fingerprint density at radius 2 is 2.00 bits per heavy atom. The molecular weight excluding hydrogens is 361 g/mol. The van der Waals surface area contributed by atoms with E-state index in [4.69, 9.17) is 0 Å². The van der Waals surface area contributed by atoms with Gasteiger partial charge in [0.1, 0.15) is 5.82 Å². The summed E-state index contributed by atoms with van der Waals surface area (Å²) in [5, 5.41) is 11.1. The second-order valence-electron chi connectivity index (χ2n) is 6.33. The zero-order valence-electron chi connectivity index (χ0n) is 14.3. The minimum Gasteiger partial charge on any atom is -0.258 e. The number of pyridine rings is 1. The van der Waals surface area contributed by atoms with Crippen molar-refractivity contribution in [1.29, 1.82) is 0 Å². The van der Waals surface area contributed by atoms with E-state index in [1.54, 1.807) is 6.20 Å². The van der Waals surface area contributed by atoms with Crippen molar-refractivity contribution in [3.63, 3.8) is 0 Å². The molecule has 2 aromatic rings. The van der Waals surface area contributed by atoms with Crippen molar-refractivity contribution in [2.24, 2.45) is 0 Å². The maximum atomic E-state index is 14.5. The van der Waals surface area contributed by atoms with E-state index in [2.05, 4.69) is 4.98 Å². The highest BCUT2D eigenvalue weighted by Crippen LogP contribution is 2.40. The number of aromatic nitrogens is 1. The molecule has 1 aliphatic rings. The van der Waals surface area contributed by atoms with Crippen molar-refractivity contribution in [1.82, 2.24) is 9.29 Å². The molecule has 0 amide bonds. The number of hydrogen-bond donors (Lipinski definition) is 0. The topological polar surface area (TPSA) is 93.4 Å². The molecule has 0 bridgehead atoms. The molecule has 1 saturated carbocycles. The Morgan fingerprint density at radius 1 is 1.35 bits per heavy atom. The molecule has 3 rings (SSSR count).